The molecule has 0 spiro atoms. The number of nitrogens with one attached hydrogen (secondary N) is 2. The molecule has 1 aliphatic rings. The van der Waals surface area contributed by atoms with Gasteiger partial charge in [-0.2, -0.15) is 0 Å². The van der Waals surface area contributed by atoms with E-state index in [0.717, 1.165) is 11.3 Å². The van der Waals surface area contributed by atoms with Crippen LogP contribution in [0.5, 0.6) is 0 Å². The van der Waals surface area contributed by atoms with Crippen molar-refractivity contribution in [3.05, 3.63) is 59.0 Å². The predicted molar refractivity (Wildman–Crippen MR) is 95.0 cm³/mol. The molecule has 0 saturated carbocycles. The van der Waals surface area contributed by atoms with Gasteiger partial charge >= 0.3 is 0 Å². The molecule has 27 heavy (non-hydrogen) atoms. The van der Waals surface area contributed by atoms with Gasteiger partial charge in [0.1, 0.15) is 5.76 Å². The third-order valence-electron chi connectivity index (χ3n) is 4.11. The molecule has 0 atom stereocenters. The van der Waals surface area contributed by atoms with E-state index in [1.54, 1.807) is 12.1 Å². The number of rotatable bonds is 7. The maximum Gasteiger partial charge on any atom is 0.261 e. The van der Waals surface area contributed by atoms with Crippen molar-refractivity contribution in [2.45, 2.75) is 19.9 Å². The highest BCUT2D eigenvalue weighted by Crippen LogP contribution is 2.25. The summed E-state index contributed by atoms with van der Waals surface area (Å²) in [5, 5.41) is 5.15. The summed E-state index contributed by atoms with van der Waals surface area (Å²) < 4.78 is 5.19. The van der Waals surface area contributed by atoms with Crippen LogP contribution in [0.2, 0.25) is 0 Å². The summed E-state index contributed by atoms with van der Waals surface area (Å²) >= 11 is 0. The Morgan fingerprint density at radius 1 is 1.07 bits per heavy atom. The molecule has 1 aromatic heterocycles. The molecule has 0 aliphatic carbocycles. The lowest BCUT2D eigenvalue weighted by Crippen LogP contribution is -2.37. The van der Waals surface area contributed by atoms with Gasteiger partial charge in [0.15, 0.2) is 0 Å². The minimum Gasteiger partial charge on any atom is -0.467 e. The SMILES string of the molecule is CCCNC(=O)CNC(=O)c1ccc2c(c1)C(=O)N(Cc1ccco1)C2=O. The molecule has 0 unspecified atom stereocenters. The summed E-state index contributed by atoms with van der Waals surface area (Å²) in [6, 6.07) is 7.62. The van der Waals surface area contributed by atoms with E-state index in [0.29, 0.717) is 12.3 Å². The number of furan rings is 1. The summed E-state index contributed by atoms with van der Waals surface area (Å²) in [5.74, 6) is -1.21. The van der Waals surface area contributed by atoms with Crippen molar-refractivity contribution in [3.63, 3.8) is 0 Å². The van der Waals surface area contributed by atoms with Crippen LogP contribution in [0, 0.1) is 0 Å². The quantitative estimate of drug-likeness (QED) is 0.716. The minimum atomic E-state index is -0.491. The Morgan fingerprint density at radius 2 is 1.85 bits per heavy atom. The standard InChI is InChI=1S/C19H19N3O5/c1-2-7-20-16(23)10-21-17(24)12-5-6-14-15(9-12)19(26)22(18(14)25)11-13-4-3-8-27-13/h3-6,8-9H,2,7,10-11H2,1H3,(H,20,23)(H,21,24). The first-order valence-corrected chi connectivity index (χ1v) is 8.58. The summed E-state index contributed by atoms with van der Waals surface area (Å²) in [7, 11) is 0. The largest absolute Gasteiger partial charge is 0.467 e. The second-order valence-electron chi connectivity index (χ2n) is 6.07. The van der Waals surface area contributed by atoms with E-state index in [4.69, 9.17) is 4.42 Å². The third-order valence-corrected chi connectivity index (χ3v) is 4.11. The van der Waals surface area contributed by atoms with Crippen molar-refractivity contribution in [3.8, 4) is 0 Å². The van der Waals surface area contributed by atoms with E-state index >= 15 is 0 Å². The van der Waals surface area contributed by atoms with Gasteiger partial charge in [-0.1, -0.05) is 6.92 Å². The molecule has 0 bridgehead atoms. The van der Waals surface area contributed by atoms with Gasteiger partial charge in [-0.15, -0.1) is 0 Å². The predicted octanol–water partition coefficient (Wildman–Crippen LogP) is 1.33. The Labute approximate surface area is 155 Å². The van der Waals surface area contributed by atoms with Gasteiger partial charge < -0.3 is 15.1 Å². The minimum absolute atomic E-state index is 0.0263. The molecule has 2 aromatic rings. The summed E-state index contributed by atoms with van der Waals surface area (Å²) in [6.07, 6.45) is 2.27. The first kappa shape index (κ1) is 18.4. The van der Waals surface area contributed by atoms with Gasteiger partial charge in [0.05, 0.1) is 30.5 Å². The zero-order chi connectivity index (χ0) is 19.4. The molecule has 2 N–H and O–H groups in total. The molecule has 0 radical (unpaired) electrons. The molecule has 140 valence electrons. The van der Waals surface area contributed by atoms with E-state index in [2.05, 4.69) is 10.6 Å². The Bertz CT molecular complexity index is 889. The Kier molecular flexibility index (Phi) is 5.35. The van der Waals surface area contributed by atoms with Crippen LogP contribution < -0.4 is 10.6 Å². The number of imide groups is 1. The summed E-state index contributed by atoms with van der Waals surface area (Å²) in [4.78, 5) is 49.9. The monoisotopic (exact) mass is 369 g/mol. The van der Waals surface area contributed by atoms with Crippen molar-refractivity contribution in [1.82, 2.24) is 15.5 Å². The topological polar surface area (TPSA) is 109 Å². The number of carbonyl (C=O) groups excluding carboxylic acids is 4. The number of hydrogen-bond donors (Lipinski definition) is 2. The van der Waals surface area contributed by atoms with E-state index in [-0.39, 0.29) is 35.7 Å². The van der Waals surface area contributed by atoms with Gasteiger partial charge in [0.2, 0.25) is 5.91 Å². The van der Waals surface area contributed by atoms with E-state index in [9.17, 15) is 19.2 Å². The maximum absolute atomic E-state index is 12.6. The van der Waals surface area contributed by atoms with Gasteiger partial charge in [-0.25, -0.2) is 0 Å². The molecule has 1 aliphatic heterocycles. The van der Waals surface area contributed by atoms with Crippen LogP contribution in [0.25, 0.3) is 0 Å². The second kappa shape index (κ2) is 7.86. The number of benzene rings is 1. The van der Waals surface area contributed by atoms with Crippen LogP contribution in [0.15, 0.2) is 41.0 Å². The highest BCUT2D eigenvalue weighted by molar-refractivity contribution is 6.22. The Balaban J connectivity index is 1.70. The van der Waals surface area contributed by atoms with E-state index < -0.39 is 17.7 Å². The molecule has 0 fully saturated rings. The van der Waals surface area contributed by atoms with Crippen LogP contribution in [-0.2, 0) is 11.3 Å². The molecule has 4 amide bonds. The van der Waals surface area contributed by atoms with E-state index in [1.165, 1.54) is 24.5 Å². The van der Waals surface area contributed by atoms with Crippen molar-refractivity contribution >= 4 is 23.6 Å². The number of nitrogens with zero attached hydrogens (tertiary/aromatic N) is 1. The maximum atomic E-state index is 12.6. The molecular formula is C19H19N3O5. The fraction of sp³-hybridized carbons (Fsp3) is 0.263. The van der Waals surface area contributed by atoms with Gasteiger partial charge in [-0.3, -0.25) is 24.1 Å². The lowest BCUT2D eigenvalue weighted by molar-refractivity contribution is -0.120. The van der Waals surface area contributed by atoms with Crippen LogP contribution >= 0.6 is 0 Å². The lowest BCUT2D eigenvalue weighted by Gasteiger charge is -2.11. The first-order chi connectivity index (χ1) is 13.0. The Hall–Kier alpha value is -3.42. The molecule has 1 aromatic carbocycles. The highest BCUT2D eigenvalue weighted by atomic mass is 16.3. The fourth-order valence-electron chi connectivity index (χ4n) is 2.72. The fourth-order valence-corrected chi connectivity index (χ4v) is 2.72. The van der Waals surface area contributed by atoms with Gasteiger partial charge in [0.25, 0.3) is 17.7 Å². The second-order valence-corrected chi connectivity index (χ2v) is 6.07. The highest BCUT2D eigenvalue weighted by Gasteiger charge is 2.36. The van der Waals surface area contributed by atoms with Crippen molar-refractivity contribution in [2.75, 3.05) is 13.1 Å². The normalized spacial score (nSPS) is 12.9. The summed E-state index contributed by atoms with van der Waals surface area (Å²) in [5.41, 5.74) is 0.608. The zero-order valence-corrected chi connectivity index (χ0v) is 14.8. The lowest BCUT2D eigenvalue weighted by atomic mass is 10.1. The molecule has 0 saturated heterocycles. The van der Waals surface area contributed by atoms with Gasteiger partial charge in [-0.05, 0) is 36.8 Å². The molecule has 8 heteroatoms. The molecule has 2 heterocycles. The molecular weight excluding hydrogens is 350 g/mol. The number of hydrogen-bond acceptors (Lipinski definition) is 5. The van der Waals surface area contributed by atoms with Gasteiger partial charge in [0, 0.05) is 12.1 Å². The van der Waals surface area contributed by atoms with Crippen molar-refractivity contribution < 1.29 is 23.6 Å². The number of amides is 4. The molecule has 8 nitrogen and oxygen atoms in total. The average molecular weight is 369 g/mol. The number of carbonyl (C=O) groups is 4. The number of fused-ring (bicyclic) bond motifs is 1. The first-order valence-electron chi connectivity index (χ1n) is 8.58. The van der Waals surface area contributed by atoms with Crippen LogP contribution in [0.3, 0.4) is 0 Å². The van der Waals surface area contributed by atoms with Crippen LogP contribution in [0.1, 0.15) is 50.2 Å². The average Bonchev–Trinajstić information content (AvgIpc) is 3.27. The Morgan fingerprint density at radius 3 is 2.56 bits per heavy atom. The summed E-state index contributed by atoms with van der Waals surface area (Å²) in [6.45, 7) is 2.33. The van der Waals surface area contributed by atoms with E-state index in [1.807, 2.05) is 6.92 Å². The zero-order valence-electron chi connectivity index (χ0n) is 14.8. The smallest absolute Gasteiger partial charge is 0.261 e. The van der Waals surface area contributed by atoms with Crippen molar-refractivity contribution in [2.24, 2.45) is 0 Å². The molecule has 3 rings (SSSR count). The third kappa shape index (κ3) is 3.89. The van der Waals surface area contributed by atoms with Crippen molar-refractivity contribution in [1.29, 1.82) is 0 Å². The van der Waals surface area contributed by atoms with Crippen LogP contribution in [-0.4, -0.2) is 41.6 Å². The van der Waals surface area contributed by atoms with Crippen LogP contribution in [0.4, 0.5) is 0 Å².